The van der Waals surface area contributed by atoms with E-state index in [0.29, 0.717) is 11.8 Å². The quantitative estimate of drug-likeness (QED) is 0.804. The molecule has 0 aromatic carbocycles. The van der Waals surface area contributed by atoms with Crippen molar-refractivity contribution in [2.45, 2.75) is 96.6 Å². The lowest BCUT2D eigenvalue weighted by molar-refractivity contribution is 0.0606. The molecule has 124 valence electrons. The van der Waals surface area contributed by atoms with E-state index >= 15 is 0 Å². The smallest absolute Gasteiger partial charge is 0.0200 e. The molecule has 2 aliphatic rings. The molecule has 0 saturated heterocycles. The maximum absolute atomic E-state index is 6.95. The molecule has 0 bridgehead atoms. The number of rotatable bonds is 4. The Bertz CT molecular complexity index is 310. The Kier molecular flexibility index (Phi) is 5.41. The molecule has 2 nitrogen and oxygen atoms in total. The standard InChI is InChI=1S/C19H38N2/c1-5-16-9-7-14(3)18(20,11-16)13-19(21)12-17(6-2)10-8-15(19)4/h14-17H,5-13,20-21H2,1-4H3. The van der Waals surface area contributed by atoms with Crippen molar-refractivity contribution < 1.29 is 0 Å². The second-order valence-corrected chi connectivity index (χ2v) is 8.56. The predicted molar refractivity (Wildman–Crippen MR) is 92.0 cm³/mol. The van der Waals surface area contributed by atoms with E-state index in [4.69, 9.17) is 11.5 Å². The molecule has 0 aromatic rings. The molecular weight excluding hydrogens is 256 g/mol. The number of hydrogen-bond donors (Lipinski definition) is 2. The van der Waals surface area contributed by atoms with Crippen molar-refractivity contribution in [2.24, 2.45) is 35.1 Å². The van der Waals surface area contributed by atoms with Crippen LogP contribution in [-0.4, -0.2) is 11.1 Å². The Hall–Kier alpha value is -0.0800. The molecule has 2 fully saturated rings. The summed E-state index contributed by atoms with van der Waals surface area (Å²) in [5.41, 5.74) is 13.8. The maximum atomic E-state index is 6.95. The molecule has 0 heterocycles. The van der Waals surface area contributed by atoms with Gasteiger partial charge in [0.2, 0.25) is 0 Å². The Balaban J connectivity index is 2.12. The molecule has 0 amide bonds. The first-order chi connectivity index (χ1) is 9.83. The normalized spacial score (nSPS) is 48.3. The van der Waals surface area contributed by atoms with Gasteiger partial charge >= 0.3 is 0 Å². The summed E-state index contributed by atoms with van der Waals surface area (Å²) in [6.07, 6.45) is 11.3. The van der Waals surface area contributed by atoms with Gasteiger partial charge in [-0.3, -0.25) is 0 Å². The summed E-state index contributed by atoms with van der Waals surface area (Å²) in [7, 11) is 0. The zero-order valence-corrected chi connectivity index (χ0v) is 14.8. The average molecular weight is 295 g/mol. The van der Waals surface area contributed by atoms with Crippen LogP contribution in [0.1, 0.15) is 85.5 Å². The summed E-state index contributed by atoms with van der Waals surface area (Å²) >= 11 is 0. The van der Waals surface area contributed by atoms with Crippen LogP contribution in [0.5, 0.6) is 0 Å². The van der Waals surface area contributed by atoms with Gasteiger partial charge in [-0.2, -0.15) is 0 Å². The minimum atomic E-state index is -0.0302. The van der Waals surface area contributed by atoms with Crippen LogP contribution < -0.4 is 11.5 Å². The van der Waals surface area contributed by atoms with Crippen LogP contribution in [0.2, 0.25) is 0 Å². The van der Waals surface area contributed by atoms with Crippen molar-refractivity contribution in [1.82, 2.24) is 0 Å². The zero-order chi connectivity index (χ0) is 15.7. The molecule has 0 spiro atoms. The van der Waals surface area contributed by atoms with E-state index in [1.165, 1.54) is 51.4 Å². The molecule has 2 aliphatic carbocycles. The van der Waals surface area contributed by atoms with Crippen molar-refractivity contribution in [1.29, 1.82) is 0 Å². The van der Waals surface area contributed by atoms with Crippen LogP contribution in [0.4, 0.5) is 0 Å². The molecule has 0 radical (unpaired) electrons. The average Bonchev–Trinajstić information content (AvgIpc) is 2.45. The molecule has 21 heavy (non-hydrogen) atoms. The molecular formula is C19H38N2. The van der Waals surface area contributed by atoms with E-state index in [2.05, 4.69) is 27.7 Å². The number of nitrogens with two attached hydrogens (primary N) is 2. The summed E-state index contributed by atoms with van der Waals surface area (Å²) in [6, 6.07) is 0. The summed E-state index contributed by atoms with van der Waals surface area (Å²) in [6.45, 7) is 9.35. The van der Waals surface area contributed by atoms with E-state index in [1.807, 2.05) is 0 Å². The van der Waals surface area contributed by atoms with Crippen molar-refractivity contribution in [3.05, 3.63) is 0 Å². The van der Waals surface area contributed by atoms with Gasteiger partial charge < -0.3 is 11.5 Å². The van der Waals surface area contributed by atoms with Crippen LogP contribution in [0.15, 0.2) is 0 Å². The highest BCUT2D eigenvalue weighted by molar-refractivity contribution is 5.05. The third-order valence-electron chi connectivity index (χ3n) is 7.13. The molecule has 2 heteroatoms. The fraction of sp³-hybridized carbons (Fsp3) is 1.00. The van der Waals surface area contributed by atoms with Crippen LogP contribution in [0.3, 0.4) is 0 Å². The fourth-order valence-electron chi connectivity index (χ4n) is 5.03. The van der Waals surface area contributed by atoms with E-state index in [9.17, 15) is 0 Å². The van der Waals surface area contributed by atoms with E-state index in [1.54, 1.807) is 0 Å². The summed E-state index contributed by atoms with van der Waals surface area (Å²) < 4.78 is 0. The van der Waals surface area contributed by atoms with Crippen LogP contribution in [0, 0.1) is 23.7 Å². The molecule has 0 aromatic heterocycles. The first-order valence-corrected chi connectivity index (χ1v) is 9.40. The molecule has 4 N–H and O–H groups in total. The van der Waals surface area contributed by atoms with Crippen molar-refractivity contribution >= 4 is 0 Å². The van der Waals surface area contributed by atoms with Crippen molar-refractivity contribution in [3.63, 3.8) is 0 Å². The third kappa shape index (κ3) is 3.64. The van der Waals surface area contributed by atoms with Gasteiger partial charge in [0.1, 0.15) is 0 Å². The first-order valence-electron chi connectivity index (χ1n) is 9.40. The maximum Gasteiger partial charge on any atom is 0.0200 e. The fourth-order valence-corrected chi connectivity index (χ4v) is 5.03. The minimum absolute atomic E-state index is 0.0302. The van der Waals surface area contributed by atoms with Gasteiger partial charge in [-0.25, -0.2) is 0 Å². The Morgan fingerprint density at radius 2 is 1.14 bits per heavy atom. The minimum Gasteiger partial charge on any atom is -0.325 e. The monoisotopic (exact) mass is 294 g/mol. The van der Waals surface area contributed by atoms with Crippen molar-refractivity contribution in [3.8, 4) is 0 Å². The highest BCUT2D eigenvalue weighted by atomic mass is 14.9. The Labute approximate surface area is 132 Å². The highest BCUT2D eigenvalue weighted by Crippen LogP contribution is 2.46. The topological polar surface area (TPSA) is 52.0 Å². The Morgan fingerprint density at radius 3 is 1.48 bits per heavy atom. The van der Waals surface area contributed by atoms with Crippen LogP contribution in [-0.2, 0) is 0 Å². The number of hydrogen-bond acceptors (Lipinski definition) is 2. The molecule has 2 rings (SSSR count). The van der Waals surface area contributed by atoms with Gasteiger partial charge in [0.15, 0.2) is 0 Å². The second-order valence-electron chi connectivity index (χ2n) is 8.56. The van der Waals surface area contributed by atoms with Crippen LogP contribution in [0.25, 0.3) is 0 Å². The summed E-state index contributed by atoms with van der Waals surface area (Å²) in [4.78, 5) is 0. The highest BCUT2D eigenvalue weighted by Gasteiger charge is 2.47. The lowest BCUT2D eigenvalue weighted by atomic mass is 9.59. The molecule has 2 saturated carbocycles. The zero-order valence-electron chi connectivity index (χ0n) is 14.8. The summed E-state index contributed by atoms with van der Waals surface area (Å²) in [5.74, 6) is 2.87. The lowest BCUT2D eigenvalue weighted by Gasteiger charge is -2.52. The first kappa shape index (κ1) is 17.3. The second kappa shape index (κ2) is 6.58. The van der Waals surface area contributed by atoms with Gasteiger partial charge in [-0.1, -0.05) is 53.4 Å². The van der Waals surface area contributed by atoms with E-state index in [0.717, 1.165) is 18.3 Å². The van der Waals surface area contributed by atoms with E-state index in [-0.39, 0.29) is 11.1 Å². The van der Waals surface area contributed by atoms with Gasteiger partial charge in [0.25, 0.3) is 0 Å². The molecule has 0 aliphatic heterocycles. The predicted octanol–water partition coefficient (Wildman–Crippen LogP) is 4.46. The van der Waals surface area contributed by atoms with E-state index < -0.39 is 0 Å². The SMILES string of the molecule is CCC1CCC(C)C(N)(CC2(N)CC(CC)CCC2C)C1. The van der Waals surface area contributed by atoms with Gasteiger partial charge in [0.05, 0.1) is 0 Å². The molecule has 6 unspecified atom stereocenters. The van der Waals surface area contributed by atoms with Crippen molar-refractivity contribution in [2.75, 3.05) is 0 Å². The third-order valence-corrected chi connectivity index (χ3v) is 7.13. The Morgan fingerprint density at radius 1 is 0.762 bits per heavy atom. The summed E-state index contributed by atoms with van der Waals surface area (Å²) in [5, 5.41) is 0. The van der Waals surface area contributed by atoms with Gasteiger partial charge in [-0.05, 0) is 55.8 Å². The molecule has 6 atom stereocenters. The van der Waals surface area contributed by atoms with Gasteiger partial charge in [-0.15, -0.1) is 0 Å². The van der Waals surface area contributed by atoms with Crippen LogP contribution >= 0.6 is 0 Å². The largest absolute Gasteiger partial charge is 0.325 e. The van der Waals surface area contributed by atoms with Gasteiger partial charge in [0, 0.05) is 11.1 Å². The lowest BCUT2D eigenvalue weighted by Crippen LogP contribution is -2.61.